The molecule has 1 aromatic carbocycles. The second-order valence-corrected chi connectivity index (χ2v) is 5.21. The van der Waals surface area contributed by atoms with Crippen molar-refractivity contribution in [2.75, 3.05) is 13.7 Å². The van der Waals surface area contributed by atoms with E-state index in [4.69, 9.17) is 9.57 Å². The normalized spacial score (nSPS) is 10.3. The van der Waals surface area contributed by atoms with Crippen LogP contribution in [0.5, 0.6) is 5.75 Å². The molecule has 0 aliphatic heterocycles. The zero-order valence-corrected chi connectivity index (χ0v) is 13.1. The van der Waals surface area contributed by atoms with Crippen LogP contribution in [-0.4, -0.2) is 31.7 Å². The number of carbonyl (C=O) groups is 2. The molecule has 0 saturated carbocycles. The lowest BCUT2D eigenvalue weighted by atomic mass is 10.2. The van der Waals surface area contributed by atoms with Crippen LogP contribution in [0.2, 0.25) is 0 Å². The maximum atomic E-state index is 11.6. The fourth-order valence-electron chi connectivity index (χ4n) is 1.52. The van der Waals surface area contributed by atoms with Gasteiger partial charge in [0.25, 0.3) is 11.8 Å². The third-order valence-electron chi connectivity index (χ3n) is 2.65. The first-order valence-corrected chi connectivity index (χ1v) is 7.49. The highest BCUT2D eigenvalue weighted by Gasteiger charge is 2.07. The summed E-state index contributed by atoms with van der Waals surface area (Å²) in [5.41, 5.74) is 5.32. The summed E-state index contributed by atoms with van der Waals surface area (Å²) in [6.07, 6.45) is 1.47. The molecule has 2 amide bonds. The van der Waals surface area contributed by atoms with Gasteiger partial charge >= 0.3 is 0 Å². The molecule has 2 aromatic rings. The van der Waals surface area contributed by atoms with Crippen molar-refractivity contribution in [3.8, 4) is 5.75 Å². The highest BCUT2D eigenvalue weighted by molar-refractivity contribution is 7.12. The lowest BCUT2D eigenvalue weighted by Gasteiger charge is -2.05. The standard InChI is InChI=1S/C15H15N3O4S/c1-21-12-6-4-11(5-7-12)9-16-22-10-14(19)17-18-15(20)13-3-2-8-23-13/h2-9H,10H2,1H3,(H,17,19)(H,18,20)/b16-9-. The van der Waals surface area contributed by atoms with Gasteiger partial charge in [-0.15, -0.1) is 11.3 Å². The summed E-state index contributed by atoms with van der Waals surface area (Å²) in [7, 11) is 1.59. The van der Waals surface area contributed by atoms with E-state index in [1.54, 1.807) is 48.9 Å². The van der Waals surface area contributed by atoms with Crippen molar-refractivity contribution in [1.82, 2.24) is 10.9 Å². The lowest BCUT2D eigenvalue weighted by Crippen LogP contribution is -2.42. The molecule has 0 fully saturated rings. The van der Waals surface area contributed by atoms with Crippen molar-refractivity contribution < 1.29 is 19.2 Å². The van der Waals surface area contributed by atoms with E-state index in [-0.39, 0.29) is 12.5 Å². The fourth-order valence-corrected chi connectivity index (χ4v) is 2.13. The molecular weight excluding hydrogens is 318 g/mol. The van der Waals surface area contributed by atoms with Gasteiger partial charge < -0.3 is 9.57 Å². The third kappa shape index (κ3) is 5.44. The number of methoxy groups -OCH3 is 1. The molecular formula is C15H15N3O4S. The number of benzene rings is 1. The molecule has 0 unspecified atom stereocenters. The highest BCUT2D eigenvalue weighted by Crippen LogP contribution is 2.09. The summed E-state index contributed by atoms with van der Waals surface area (Å²) in [6, 6.07) is 10.6. The van der Waals surface area contributed by atoms with Crippen LogP contribution in [-0.2, 0) is 9.63 Å². The number of thiophene rings is 1. The van der Waals surface area contributed by atoms with Crippen LogP contribution in [0.4, 0.5) is 0 Å². The van der Waals surface area contributed by atoms with Crippen molar-refractivity contribution in [2.45, 2.75) is 0 Å². The Labute approximate surface area is 136 Å². The summed E-state index contributed by atoms with van der Waals surface area (Å²) in [6.45, 7) is -0.308. The second-order valence-electron chi connectivity index (χ2n) is 4.26. The van der Waals surface area contributed by atoms with Gasteiger partial charge in [-0.1, -0.05) is 11.2 Å². The molecule has 2 rings (SSSR count). The maximum Gasteiger partial charge on any atom is 0.279 e. The van der Waals surface area contributed by atoms with Crippen molar-refractivity contribution in [3.63, 3.8) is 0 Å². The molecule has 1 heterocycles. The lowest BCUT2D eigenvalue weighted by molar-refractivity contribution is -0.126. The van der Waals surface area contributed by atoms with E-state index < -0.39 is 5.91 Å². The smallest absolute Gasteiger partial charge is 0.279 e. The number of hydrazine groups is 1. The van der Waals surface area contributed by atoms with Gasteiger partial charge in [0.2, 0.25) is 0 Å². The van der Waals surface area contributed by atoms with E-state index in [0.717, 1.165) is 11.3 Å². The molecule has 0 bridgehead atoms. The van der Waals surface area contributed by atoms with Gasteiger partial charge in [-0.25, -0.2) is 0 Å². The van der Waals surface area contributed by atoms with Crippen LogP contribution < -0.4 is 15.6 Å². The number of oxime groups is 1. The van der Waals surface area contributed by atoms with Crippen LogP contribution in [0.1, 0.15) is 15.2 Å². The van der Waals surface area contributed by atoms with Gasteiger partial charge in [0.15, 0.2) is 6.61 Å². The Morgan fingerprint density at radius 2 is 2.00 bits per heavy atom. The van der Waals surface area contributed by atoms with Crippen molar-refractivity contribution in [3.05, 3.63) is 52.2 Å². The van der Waals surface area contributed by atoms with E-state index in [9.17, 15) is 9.59 Å². The summed E-state index contributed by atoms with van der Waals surface area (Å²) in [5, 5.41) is 5.45. The first-order chi connectivity index (χ1) is 11.2. The average Bonchev–Trinajstić information content (AvgIpc) is 3.12. The molecule has 1 aromatic heterocycles. The summed E-state index contributed by atoms with van der Waals surface area (Å²) in [4.78, 5) is 28.4. The number of hydrogen-bond acceptors (Lipinski definition) is 6. The molecule has 0 saturated heterocycles. The number of amides is 2. The molecule has 0 aliphatic rings. The largest absolute Gasteiger partial charge is 0.497 e. The Hall–Kier alpha value is -2.87. The van der Waals surface area contributed by atoms with Crippen LogP contribution in [0.15, 0.2) is 46.9 Å². The Kier molecular flexibility index (Phi) is 6.13. The topological polar surface area (TPSA) is 89.0 Å². The van der Waals surface area contributed by atoms with Crippen molar-refractivity contribution in [2.24, 2.45) is 5.16 Å². The number of rotatable bonds is 6. The molecule has 7 nitrogen and oxygen atoms in total. The van der Waals surface area contributed by atoms with Gasteiger partial charge in [-0.2, -0.15) is 0 Å². The van der Waals surface area contributed by atoms with Crippen LogP contribution in [0.3, 0.4) is 0 Å². The van der Waals surface area contributed by atoms with Crippen LogP contribution in [0.25, 0.3) is 0 Å². The van der Waals surface area contributed by atoms with Gasteiger partial charge in [0, 0.05) is 0 Å². The Balaban J connectivity index is 1.67. The minimum absolute atomic E-state index is 0.308. The fraction of sp³-hybridized carbons (Fsp3) is 0.133. The van der Waals surface area contributed by atoms with Crippen molar-refractivity contribution >= 4 is 29.4 Å². The molecule has 2 N–H and O–H groups in total. The summed E-state index contributed by atoms with van der Waals surface area (Å²) < 4.78 is 5.04. The maximum absolute atomic E-state index is 11.6. The van der Waals surface area contributed by atoms with Gasteiger partial charge in [0.1, 0.15) is 5.75 Å². The molecule has 0 radical (unpaired) electrons. The third-order valence-corrected chi connectivity index (χ3v) is 3.52. The predicted molar refractivity (Wildman–Crippen MR) is 86.5 cm³/mol. The average molecular weight is 333 g/mol. The minimum atomic E-state index is -0.512. The monoisotopic (exact) mass is 333 g/mol. The van der Waals surface area contributed by atoms with Gasteiger partial charge in [-0.05, 0) is 41.3 Å². The van der Waals surface area contributed by atoms with E-state index in [1.807, 2.05) is 0 Å². The van der Waals surface area contributed by atoms with Crippen molar-refractivity contribution in [1.29, 1.82) is 0 Å². The number of carbonyl (C=O) groups excluding carboxylic acids is 2. The highest BCUT2D eigenvalue weighted by atomic mass is 32.1. The van der Waals surface area contributed by atoms with Gasteiger partial charge in [0.05, 0.1) is 18.2 Å². The molecule has 0 atom stereocenters. The first kappa shape index (κ1) is 16.5. The van der Waals surface area contributed by atoms with Gasteiger partial charge in [-0.3, -0.25) is 20.4 Å². The molecule has 0 spiro atoms. The van der Waals surface area contributed by atoms with E-state index in [0.29, 0.717) is 4.88 Å². The van der Waals surface area contributed by atoms with Crippen LogP contribution >= 0.6 is 11.3 Å². The second kappa shape index (κ2) is 8.54. The number of hydrogen-bond donors (Lipinski definition) is 2. The summed E-state index contributed by atoms with van der Waals surface area (Å²) in [5.74, 6) is -0.152. The first-order valence-electron chi connectivity index (χ1n) is 6.61. The minimum Gasteiger partial charge on any atom is -0.497 e. The number of nitrogens with one attached hydrogen (secondary N) is 2. The number of nitrogens with zero attached hydrogens (tertiary/aromatic N) is 1. The number of ether oxygens (including phenoxy) is 1. The predicted octanol–water partition coefficient (Wildman–Crippen LogP) is 1.57. The quantitative estimate of drug-likeness (QED) is 0.620. The molecule has 0 aliphatic carbocycles. The SMILES string of the molecule is COc1ccc(/C=N\OCC(=O)NNC(=O)c2cccs2)cc1. The summed E-state index contributed by atoms with van der Waals surface area (Å²) >= 11 is 1.28. The molecule has 8 heteroatoms. The zero-order valence-electron chi connectivity index (χ0n) is 12.3. The Morgan fingerprint density at radius 3 is 2.65 bits per heavy atom. The van der Waals surface area contributed by atoms with E-state index in [1.165, 1.54) is 17.6 Å². The van der Waals surface area contributed by atoms with E-state index in [2.05, 4.69) is 16.0 Å². The van der Waals surface area contributed by atoms with E-state index >= 15 is 0 Å². The molecule has 120 valence electrons. The van der Waals surface area contributed by atoms with Crippen LogP contribution in [0, 0.1) is 0 Å². The zero-order chi connectivity index (χ0) is 16.5. The Bertz CT molecular complexity index is 669. The molecule has 23 heavy (non-hydrogen) atoms. The Morgan fingerprint density at radius 1 is 1.22 bits per heavy atom.